The van der Waals surface area contributed by atoms with Crippen molar-refractivity contribution in [1.29, 1.82) is 0 Å². The van der Waals surface area contributed by atoms with Gasteiger partial charge in [-0.3, -0.25) is 0 Å². The summed E-state index contributed by atoms with van der Waals surface area (Å²) >= 11 is 12.2. The molecule has 5 heteroatoms. The zero-order valence-electron chi connectivity index (χ0n) is 12.1. The Balaban J connectivity index is 2.19. The summed E-state index contributed by atoms with van der Waals surface area (Å²) in [5, 5.41) is 4.59. The highest BCUT2D eigenvalue weighted by molar-refractivity contribution is 6.31. The van der Waals surface area contributed by atoms with Gasteiger partial charge in [-0.05, 0) is 42.8 Å². The maximum Gasteiger partial charge on any atom is 0.219 e. The number of hydrogen-bond donors (Lipinski definition) is 1. The number of hydrogen-bond acceptors (Lipinski definition) is 3. The normalized spacial score (nSPS) is 10.7. The molecule has 0 aliphatic carbocycles. The number of nitrogens with zero attached hydrogens (tertiary/aromatic N) is 1. The van der Waals surface area contributed by atoms with Crippen molar-refractivity contribution < 1.29 is 4.74 Å². The average molecular weight is 325 g/mol. The van der Waals surface area contributed by atoms with Gasteiger partial charge < -0.3 is 10.1 Å². The summed E-state index contributed by atoms with van der Waals surface area (Å²) in [5.74, 6) is 1.25. The number of nitrogens with one attached hydrogen (secondary N) is 1. The monoisotopic (exact) mass is 324 g/mol. The van der Waals surface area contributed by atoms with Crippen LogP contribution in [0.2, 0.25) is 10.0 Å². The number of rotatable bonds is 6. The molecule has 0 bridgehead atoms. The Morgan fingerprint density at radius 3 is 2.57 bits per heavy atom. The standard InChI is InChI=1S/C16H18Cl2N2O/c1-3-11-9-12(5-6-13(11)17)21-16-8-7-14(18)15(20-16)10-19-4-2/h5-9,19H,3-4,10H2,1-2H3. The molecule has 0 radical (unpaired) electrons. The summed E-state index contributed by atoms with van der Waals surface area (Å²) in [6, 6.07) is 9.17. The first-order valence-corrected chi connectivity index (χ1v) is 7.72. The van der Waals surface area contributed by atoms with E-state index in [1.165, 1.54) is 0 Å². The lowest BCUT2D eigenvalue weighted by Crippen LogP contribution is -2.13. The van der Waals surface area contributed by atoms with E-state index in [1.807, 2.05) is 25.1 Å². The molecule has 1 N–H and O–H groups in total. The summed E-state index contributed by atoms with van der Waals surface area (Å²) in [7, 11) is 0. The molecule has 0 fully saturated rings. The first-order chi connectivity index (χ1) is 10.1. The number of aryl methyl sites for hydroxylation is 1. The van der Waals surface area contributed by atoms with E-state index in [4.69, 9.17) is 27.9 Å². The third-order valence-corrected chi connectivity index (χ3v) is 3.77. The largest absolute Gasteiger partial charge is 0.439 e. The molecule has 3 nitrogen and oxygen atoms in total. The minimum atomic E-state index is 0.525. The Hall–Kier alpha value is -1.29. The van der Waals surface area contributed by atoms with Crippen LogP contribution in [0.1, 0.15) is 25.1 Å². The van der Waals surface area contributed by atoms with Crippen LogP contribution in [0.25, 0.3) is 0 Å². The van der Waals surface area contributed by atoms with Crippen molar-refractivity contribution in [3.05, 3.63) is 51.6 Å². The molecule has 0 atom stereocenters. The van der Waals surface area contributed by atoms with Crippen molar-refractivity contribution in [2.45, 2.75) is 26.8 Å². The van der Waals surface area contributed by atoms with Crippen LogP contribution in [-0.4, -0.2) is 11.5 Å². The molecule has 0 saturated heterocycles. The lowest BCUT2D eigenvalue weighted by atomic mass is 10.1. The number of pyridine rings is 1. The predicted molar refractivity (Wildman–Crippen MR) is 87.5 cm³/mol. The van der Waals surface area contributed by atoms with Crippen molar-refractivity contribution >= 4 is 23.2 Å². The van der Waals surface area contributed by atoms with Gasteiger partial charge >= 0.3 is 0 Å². The summed E-state index contributed by atoms with van der Waals surface area (Å²) < 4.78 is 5.80. The van der Waals surface area contributed by atoms with Gasteiger partial charge in [0, 0.05) is 17.6 Å². The molecule has 0 saturated carbocycles. The molecule has 21 heavy (non-hydrogen) atoms. The Morgan fingerprint density at radius 2 is 1.86 bits per heavy atom. The zero-order valence-corrected chi connectivity index (χ0v) is 13.6. The Labute approximate surface area is 135 Å². The second kappa shape index (κ2) is 7.64. The van der Waals surface area contributed by atoms with Crippen LogP contribution in [0.5, 0.6) is 11.6 Å². The molecule has 2 aromatic rings. The van der Waals surface area contributed by atoms with Gasteiger partial charge in [-0.1, -0.05) is 37.0 Å². The van der Waals surface area contributed by atoms with Crippen LogP contribution < -0.4 is 10.1 Å². The summed E-state index contributed by atoms with van der Waals surface area (Å²) in [5.41, 5.74) is 1.83. The van der Waals surface area contributed by atoms with Gasteiger partial charge in [-0.2, -0.15) is 0 Å². The van der Waals surface area contributed by atoms with E-state index >= 15 is 0 Å². The van der Waals surface area contributed by atoms with E-state index in [9.17, 15) is 0 Å². The summed E-state index contributed by atoms with van der Waals surface area (Å²) in [6.45, 7) is 5.57. The number of halogens is 2. The summed E-state index contributed by atoms with van der Waals surface area (Å²) in [6.07, 6.45) is 0.857. The van der Waals surface area contributed by atoms with Crippen LogP contribution in [-0.2, 0) is 13.0 Å². The summed E-state index contributed by atoms with van der Waals surface area (Å²) in [4.78, 5) is 4.43. The van der Waals surface area contributed by atoms with Gasteiger partial charge in [0.05, 0.1) is 10.7 Å². The molecule has 0 aliphatic rings. The SMILES string of the molecule is CCNCc1nc(Oc2ccc(Cl)c(CC)c2)ccc1Cl. The first-order valence-electron chi connectivity index (χ1n) is 6.96. The quantitative estimate of drug-likeness (QED) is 0.824. The van der Waals surface area contributed by atoms with Gasteiger partial charge in [0.15, 0.2) is 0 Å². The minimum Gasteiger partial charge on any atom is -0.439 e. The van der Waals surface area contributed by atoms with Crippen molar-refractivity contribution in [1.82, 2.24) is 10.3 Å². The fourth-order valence-electron chi connectivity index (χ4n) is 1.89. The average Bonchev–Trinajstić information content (AvgIpc) is 2.49. The van der Waals surface area contributed by atoms with Gasteiger partial charge in [-0.25, -0.2) is 4.98 Å². The van der Waals surface area contributed by atoms with Crippen LogP contribution >= 0.6 is 23.2 Å². The zero-order chi connectivity index (χ0) is 15.2. The maximum atomic E-state index is 6.13. The third-order valence-electron chi connectivity index (χ3n) is 3.06. The fourth-order valence-corrected chi connectivity index (χ4v) is 2.32. The second-order valence-corrected chi connectivity index (χ2v) is 5.38. The van der Waals surface area contributed by atoms with Crippen LogP contribution in [0.15, 0.2) is 30.3 Å². The lowest BCUT2D eigenvalue weighted by Gasteiger charge is -2.10. The van der Waals surface area contributed by atoms with Crippen molar-refractivity contribution in [3.63, 3.8) is 0 Å². The first kappa shape index (κ1) is 16.1. The van der Waals surface area contributed by atoms with E-state index in [1.54, 1.807) is 12.1 Å². The molecule has 1 aromatic heterocycles. The lowest BCUT2D eigenvalue weighted by molar-refractivity contribution is 0.459. The Morgan fingerprint density at radius 1 is 1.10 bits per heavy atom. The van der Waals surface area contributed by atoms with Crippen LogP contribution in [0, 0.1) is 0 Å². The van der Waals surface area contributed by atoms with E-state index in [0.29, 0.717) is 17.4 Å². The number of benzene rings is 1. The molecule has 1 aromatic carbocycles. The van der Waals surface area contributed by atoms with Gasteiger partial charge in [0.2, 0.25) is 5.88 Å². The van der Waals surface area contributed by atoms with E-state index < -0.39 is 0 Å². The van der Waals surface area contributed by atoms with Crippen molar-refractivity contribution in [2.24, 2.45) is 0 Å². The molecule has 112 valence electrons. The molecule has 0 aliphatic heterocycles. The fraction of sp³-hybridized carbons (Fsp3) is 0.312. The van der Waals surface area contributed by atoms with Gasteiger partial charge in [-0.15, -0.1) is 0 Å². The smallest absolute Gasteiger partial charge is 0.219 e. The topological polar surface area (TPSA) is 34.2 Å². The highest BCUT2D eigenvalue weighted by Gasteiger charge is 2.07. The Kier molecular flexibility index (Phi) is 5.85. The molecule has 0 spiro atoms. The second-order valence-electron chi connectivity index (χ2n) is 4.57. The third kappa shape index (κ3) is 4.34. The molecular formula is C16H18Cl2N2O. The van der Waals surface area contributed by atoms with Gasteiger partial charge in [0.25, 0.3) is 0 Å². The highest BCUT2D eigenvalue weighted by atomic mass is 35.5. The van der Waals surface area contributed by atoms with E-state index in [-0.39, 0.29) is 0 Å². The number of ether oxygens (including phenoxy) is 1. The van der Waals surface area contributed by atoms with Crippen LogP contribution in [0.4, 0.5) is 0 Å². The van der Waals surface area contributed by atoms with E-state index in [2.05, 4.69) is 17.2 Å². The Bertz CT molecular complexity index is 617. The predicted octanol–water partition coefficient (Wildman–Crippen LogP) is 4.85. The van der Waals surface area contributed by atoms with Crippen LogP contribution in [0.3, 0.4) is 0 Å². The van der Waals surface area contributed by atoms with Crippen molar-refractivity contribution in [3.8, 4) is 11.6 Å². The minimum absolute atomic E-state index is 0.525. The van der Waals surface area contributed by atoms with Gasteiger partial charge in [0.1, 0.15) is 5.75 Å². The maximum absolute atomic E-state index is 6.13. The van der Waals surface area contributed by atoms with E-state index in [0.717, 1.165) is 35.0 Å². The highest BCUT2D eigenvalue weighted by Crippen LogP contribution is 2.27. The molecule has 0 unspecified atom stereocenters. The number of aromatic nitrogens is 1. The molecule has 2 rings (SSSR count). The molecule has 0 amide bonds. The molecule has 1 heterocycles. The van der Waals surface area contributed by atoms with Crippen molar-refractivity contribution in [2.75, 3.05) is 6.54 Å². The molecular weight excluding hydrogens is 307 g/mol.